The number of carbonyl (C=O) groups excluding carboxylic acids is 1. The maximum Gasteiger partial charge on any atom is 0.303 e. The minimum atomic E-state index is -0.784. The van der Waals surface area contributed by atoms with Crippen LogP contribution in [0.15, 0.2) is 34.9 Å². The number of carboxylic acid groups (broad SMARTS) is 1. The van der Waals surface area contributed by atoms with Crippen LogP contribution >= 0.6 is 0 Å². The van der Waals surface area contributed by atoms with Crippen molar-refractivity contribution in [2.75, 3.05) is 13.1 Å². The van der Waals surface area contributed by atoms with Crippen molar-refractivity contribution in [3.8, 4) is 0 Å². The number of unbranched alkanes of at least 4 members (excludes halogenated alkanes) is 1. The van der Waals surface area contributed by atoms with Gasteiger partial charge in [-0.1, -0.05) is 69.2 Å². The summed E-state index contributed by atoms with van der Waals surface area (Å²) in [5.41, 5.74) is 2.55. The van der Waals surface area contributed by atoms with Gasteiger partial charge in [0.1, 0.15) is 6.26 Å². The van der Waals surface area contributed by atoms with E-state index in [1.807, 2.05) is 18.2 Å². The summed E-state index contributed by atoms with van der Waals surface area (Å²) in [6, 6.07) is 8.05. The van der Waals surface area contributed by atoms with Gasteiger partial charge in [-0.3, -0.25) is 14.5 Å². The van der Waals surface area contributed by atoms with Crippen LogP contribution in [0.2, 0.25) is 0 Å². The van der Waals surface area contributed by atoms with Crippen LogP contribution in [0.5, 0.6) is 0 Å². The lowest BCUT2D eigenvalue weighted by Crippen LogP contribution is -2.26. The summed E-state index contributed by atoms with van der Waals surface area (Å²) < 4.78 is 5.76. The number of nitrogens with zero attached hydrogens (tertiary/aromatic N) is 2. The topological polar surface area (TPSA) is 95.7 Å². The molecular formula is C28H39N3O4. The van der Waals surface area contributed by atoms with Crippen LogP contribution in [0.4, 0.5) is 0 Å². The Morgan fingerprint density at radius 3 is 2.66 bits per heavy atom. The Morgan fingerprint density at radius 1 is 1.06 bits per heavy atom. The minimum Gasteiger partial charge on any atom is -0.481 e. The van der Waals surface area contributed by atoms with Gasteiger partial charge < -0.3 is 14.8 Å². The number of carbonyl (C=O) groups is 2. The van der Waals surface area contributed by atoms with Gasteiger partial charge in [0.15, 0.2) is 5.69 Å². The molecule has 0 unspecified atom stereocenters. The van der Waals surface area contributed by atoms with E-state index < -0.39 is 5.97 Å². The van der Waals surface area contributed by atoms with Crippen LogP contribution in [0.25, 0.3) is 0 Å². The van der Waals surface area contributed by atoms with Crippen molar-refractivity contribution in [1.29, 1.82) is 0 Å². The maximum absolute atomic E-state index is 12.6. The number of likely N-dealkylation sites (tertiary alicyclic amines) is 1. The van der Waals surface area contributed by atoms with Crippen LogP contribution in [0.3, 0.4) is 0 Å². The van der Waals surface area contributed by atoms with Crippen molar-refractivity contribution in [2.24, 2.45) is 5.92 Å². The molecule has 1 aliphatic heterocycles. The molecule has 0 bridgehead atoms. The Morgan fingerprint density at radius 2 is 1.86 bits per heavy atom. The molecule has 2 aromatic rings. The number of oxazole rings is 1. The number of benzene rings is 1. The molecule has 2 aliphatic rings. The van der Waals surface area contributed by atoms with Crippen LogP contribution in [0, 0.1) is 5.92 Å². The van der Waals surface area contributed by atoms with Crippen LogP contribution in [-0.2, 0) is 17.8 Å². The predicted octanol–water partition coefficient (Wildman–Crippen LogP) is 5.51. The minimum absolute atomic E-state index is 0.0274. The monoisotopic (exact) mass is 481 g/mol. The van der Waals surface area contributed by atoms with E-state index in [2.05, 4.69) is 21.3 Å². The number of hydrogen-bond acceptors (Lipinski definition) is 5. The third-order valence-electron chi connectivity index (χ3n) is 7.55. The lowest BCUT2D eigenvalue weighted by Gasteiger charge is -2.23. The van der Waals surface area contributed by atoms with E-state index in [0.717, 1.165) is 42.9 Å². The largest absolute Gasteiger partial charge is 0.481 e. The van der Waals surface area contributed by atoms with Gasteiger partial charge in [-0.05, 0) is 49.3 Å². The summed E-state index contributed by atoms with van der Waals surface area (Å²) in [5.74, 6) is 0.527. The molecule has 2 N–H and O–H groups in total. The Hall–Kier alpha value is -2.67. The summed E-state index contributed by atoms with van der Waals surface area (Å²) in [6.45, 7) is 2.31. The summed E-state index contributed by atoms with van der Waals surface area (Å²) in [7, 11) is 0. The molecule has 1 atom stereocenters. The molecule has 35 heavy (non-hydrogen) atoms. The van der Waals surface area contributed by atoms with Gasteiger partial charge >= 0.3 is 5.97 Å². The molecular weight excluding hydrogens is 442 g/mol. The summed E-state index contributed by atoms with van der Waals surface area (Å²) in [4.78, 5) is 30.5. The molecule has 190 valence electrons. The summed E-state index contributed by atoms with van der Waals surface area (Å²) in [6.07, 6.45) is 14.4. The molecule has 1 amide bonds. The van der Waals surface area contributed by atoms with E-state index in [0.29, 0.717) is 31.1 Å². The Kier molecular flexibility index (Phi) is 9.35. The molecule has 7 heteroatoms. The predicted molar refractivity (Wildman–Crippen MR) is 134 cm³/mol. The molecule has 2 heterocycles. The van der Waals surface area contributed by atoms with E-state index in [4.69, 9.17) is 9.52 Å². The number of hydrogen-bond donors (Lipinski definition) is 2. The molecule has 0 radical (unpaired) electrons. The second-order valence-corrected chi connectivity index (χ2v) is 10.1. The van der Waals surface area contributed by atoms with Gasteiger partial charge in [-0.2, -0.15) is 0 Å². The zero-order valence-corrected chi connectivity index (χ0v) is 20.7. The number of aromatic nitrogens is 1. The number of nitrogens with one attached hydrogen (secondary N) is 1. The standard InChI is InChI=1S/C28H39N3O4/c32-26(33)16-15-22-12-4-5-13-23(22)19-31-18-8-14-25(31)28-30-24(20-35-28)27(34)29-17-7-6-11-21-9-2-1-3-10-21/h4-5,12-13,20-21,25H,1-3,6-11,14-19H2,(H,29,34)(H,32,33)/t25-/m1/s1. The number of aliphatic carboxylic acids is 1. The molecule has 1 aromatic carbocycles. The second-order valence-electron chi connectivity index (χ2n) is 10.1. The molecule has 1 aromatic heterocycles. The van der Waals surface area contributed by atoms with Crippen LogP contribution < -0.4 is 5.32 Å². The highest BCUT2D eigenvalue weighted by atomic mass is 16.4. The van der Waals surface area contributed by atoms with Crippen molar-refractivity contribution >= 4 is 11.9 Å². The fourth-order valence-corrected chi connectivity index (χ4v) is 5.58. The fraction of sp³-hybridized carbons (Fsp3) is 0.607. The van der Waals surface area contributed by atoms with Gasteiger partial charge in [0.2, 0.25) is 5.89 Å². The van der Waals surface area contributed by atoms with Gasteiger partial charge in [-0.25, -0.2) is 4.98 Å². The number of carboxylic acids is 1. The summed E-state index contributed by atoms with van der Waals surface area (Å²) in [5, 5.41) is 12.1. The lowest BCUT2D eigenvalue weighted by atomic mass is 9.86. The average molecular weight is 482 g/mol. The molecule has 1 aliphatic carbocycles. The van der Waals surface area contributed by atoms with Gasteiger partial charge in [-0.15, -0.1) is 0 Å². The molecule has 4 rings (SSSR count). The molecule has 0 spiro atoms. The van der Waals surface area contributed by atoms with Crippen molar-refractivity contribution in [3.63, 3.8) is 0 Å². The third kappa shape index (κ3) is 7.40. The van der Waals surface area contributed by atoms with Crippen molar-refractivity contribution < 1.29 is 19.1 Å². The van der Waals surface area contributed by atoms with Crippen LogP contribution in [0.1, 0.15) is 104 Å². The molecule has 2 fully saturated rings. The van der Waals surface area contributed by atoms with Gasteiger partial charge in [0, 0.05) is 19.5 Å². The second kappa shape index (κ2) is 12.9. The first kappa shape index (κ1) is 25.4. The number of aryl methyl sites for hydroxylation is 1. The van der Waals surface area contributed by atoms with Crippen molar-refractivity contribution in [3.05, 3.63) is 53.2 Å². The molecule has 7 nitrogen and oxygen atoms in total. The van der Waals surface area contributed by atoms with Crippen molar-refractivity contribution in [1.82, 2.24) is 15.2 Å². The maximum atomic E-state index is 12.6. The van der Waals surface area contributed by atoms with E-state index in [1.165, 1.54) is 51.2 Å². The fourth-order valence-electron chi connectivity index (χ4n) is 5.58. The Balaban J connectivity index is 1.26. The molecule has 1 saturated carbocycles. The normalized spacial score (nSPS) is 19.1. The van der Waals surface area contributed by atoms with E-state index in [1.54, 1.807) is 0 Å². The summed E-state index contributed by atoms with van der Waals surface area (Å²) >= 11 is 0. The number of amides is 1. The van der Waals surface area contributed by atoms with Crippen molar-refractivity contribution in [2.45, 2.75) is 89.6 Å². The van der Waals surface area contributed by atoms with Gasteiger partial charge in [0.05, 0.1) is 6.04 Å². The van der Waals surface area contributed by atoms with E-state index in [9.17, 15) is 9.59 Å². The highest BCUT2D eigenvalue weighted by Gasteiger charge is 2.31. The molecule has 1 saturated heterocycles. The first-order chi connectivity index (χ1) is 17.1. The lowest BCUT2D eigenvalue weighted by molar-refractivity contribution is -0.136. The first-order valence-electron chi connectivity index (χ1n) is 13.4. The van der Waals surface area contributed by atoms with Crippen LogP contribution in [-0.4, -0.2) is 40.0 Å². The first-order valence-corrected chi connectivity index (χ1v) is 13.4. The zero-order chi connectivity index (χ0) is 24.5. The number of rotatable bonds is 12. The van der Waals surface area contributed by atoms with E-state index in [-0.39, 0.29) is 18.4 Å². The third-order valence-corrected chi connectivity index (χ3v) is 7.55. The highest BCUT2D eigenvalue weighted by molar-refractivity contribution is 5.91. The quantitative estimate of drug-likeness (QED) is 0.388. The Bertz CT molecular complexity index is 967. The zero-order valence-electron chi connectivity index (χ0n) is 20.7. The average Bonchev–Trinajstić information content (AvgIpc) is 3.53. The highest BCUT2D eigenvalue weighted by Crippen LogP contribution is 2.33. The Labute approximate surface area is 208 Å². The smallest absolute Gasteiger partial charge is 0.303 e. The van der Waals surface area contributed by atoms with E-state index >= 15 is 0 Å². The van der Waals surface area contributed by atoms with Gasteiger partial charge in [0.25, 0.3) is 5.91 Å². The SMILES string of the molecule is O=C(O)CCc1ccccc1CN1CCC[C@@H]1c1nc(C(=O)NCCCCC2CCCCC2)co1.